The van der Waals surface area contributed by atoms with Crippen molar-refractivity contribution >= 4 is 17.8 Å². The van der Waals surface area contributed by atoms with Crippen molar-refractivity contribution in [2.45, 2.75) is 19.5 Å². The molecular weight excluding hydrogens is 276 g/mol. The Morgan fingerprint density at radius 3 is 2.33 bits per heavy atom. The number of hydrogen-bond donors (Lipinski definition) is 3. The first kappa shape index (κ1) is 16.6. The molecule has 0 radical (unpaired) electrons. The Hall–Kier alpha value is -2.41. The third-order valence-electron chi connectivity index (χ3n) is 2.69. The summed E-state index contributed by atoms with van der Waals surface area (Å²) in [7, 11) is 1.36. The van der Waals surface area contributed by atoms with Gasteiger partial charge in [0.1, 0.15) is 0 Å². The van der Waals surface area contributed by atoms with Gasteiger partial charge in [-0.05, 0) is 17.7 Å². The molecule has 0 aliphatic heterocycles. The minimum absolute atomic E-state index is 0.109. The Kier molecular flexibility index (Phi) is 6.35. The van der Waals surface area contributed by atoms with Gasteiger partial charge in [0.25, 0.3) is 5.91 Å². The highest BCUT2D eigenvalue weighted by molar-refractivity contribution is 5.96. The lowest BCUT2D eigenvalue weighted by Gasteiger charge is -2.13. The maximum absolute atomic E-state index is 11.9. The van der Waals surface area contributed by atoms with Crippen molar-refractivity contribution in [2.24, 2.45) is 0 Å². The summed E-state index contributed by atoms with van der Waals surface area (Å²) in [5.74, 6) is -1.79. The summed E-state index contributed by atoms with van der Waals surface area (Å²) in [5, 5.41) is 13.9. The fourth-order valence-electron chi connectivity index (χ4n) is 1.58. The van der Waals surface area contributed by atoms with Crippen LogP contribution in [-0.4, -0.2) is 42.6 Å². The predicted molar refractivity (Wildman–Crippen MR) is 74.7 cm³/mol. The van der Waals surface area contributed by atoms with Gasteiger partial charge in [-0.15, -0.1) is 0 Å². The van der Waals surface area contributed by atoms with E-state index < -0.39 is 17.9 Å². The van der Waals surface area contributed by atoms with Crippen molar-refractivity contribution in [3.05, 3.63) is 35.4 Å². The van der Waals surface area contributed by atoms with E-state index in [2.05, 4.69) is 10.6 Å². The van der Waals surface area contributed by atoms with Gasteiger partial charge in [0.15, 0.2) is 6.04 Å². The molecule has 2 amide bonds. The molecule has 3 N–H and O–H groups in total. The lowest BCUT2D eigenvalue weighted by molar-refractivity contribution is -0.140. The van der Waals surface area contributed by atoms with Gasteiger partial charge in [0.2, 0.25) is 5.91 Å². The summed E-state index contributed by atoms with van der Waals surface area (Å²) in [4.78, 5) is 33.6. The number of nitrogens with one attached hydrogen (secondary N) is 2. The maximum atomic E-state index is 11.9. The summed E-state index contributed by atoms with van der Waals surface area (Å²) in [6.45, 7) is 1.68. The van der Waals surface area contributed by atoms with Crippen LogP contribution in [0, 0.1) is 0 Å². The van der Waals surface area contributed by atoms with Crippen LogP contribution in [0.2, 0.25) is 0 Å². The molecule has 1 aromatic rings. The van der Waals surface area contributed by atoms with E-state index in [9.17, 15) is 14.4 Å². The molecule has 1 unspecified atom stereocenters. The van der Waals surface area contributed by atoms with Crippen molar-refractivity contribution in [2.75, 3.05) is 13.7 Å². The zero-order chi connectivity index (χ0) is 15.8. The van der Waals surface area contributed by atoms with Gasteiger partial charge < -0.3 is 20.5 Å². The van der Waals surface area contributed by atoms with Crippen LogP contribution in [0.3, 0.4) is 0 Å². The molecule has 7 nitrogen and oxygen atoms in total. The van der Waals surface area contributed by atoms with Crippen molar-refractivity contribution < 1.29 is 24.2 Å². The van der Waals surface area contributed by atoms with Gasteiger partial charge in [0, 0.05) is 26.1 Å². The molecule has 0 aliphatic rings. The van der Waals surface area contributed by atoms with Gasteiger partial charge in [-0.1, -0.05) is 12.1 Å². The Morgan fingerprint density at radius 2 is 1.86 bits per heavy atom. The second-order valence-electron chi connectivity index (χ2n) is 4.43. The van der Waals surface area contributed by atoms with Crippen LogP contribution < -0.4 is 10.6 Å². The fourth-order valence-corrected chi connectivity index (χ4v) is 1.58. The Balaban J connectivity index is 2.65. The lowest BCUT2D eigenvalue weighted by atomic mass is 10.1. The van der Waals surface area contributed by atoms with E-state index in [1.54, 1.807) is 24.3 Å². The molecule has 0 saturated heterocycles. The van der Waals surface area contributed by atoms with Crippen LogP contribution >= 0.6 is 0 Å². The fraction of sp³-hybridized carbons (Fsp3) is 0.357. The van der Waals surface area contributed by atoms with Crippen molar-refractivity contribution in [3.63, 3.8) is 0 Å². The van der Waals surface area contributed by atoms with Crippen molar-refractivity contribution in [1.82, 2.24) is 10.6 Å². The number of aliphatic carboxylic acids is 1. The van der Waals surface area contributed by atoms with E-state index in [0.29, 0.717) is 12.1 Å². The molecule has 1 rings (SSSR count). The van der Waals surface area contributed by atoms with E-state index in [1.165, 1.54) is 14.0 Å². The van der Waals surface area contributed by atoms with Crippen LogP contribution in [0.1, 0.15) is 22.8 Å². The number of methoxy groups -OCH3 is 1. The smallest absolute Gasteiger partial charge is 0.328 e. The largest absolute Gasteiger partial charge is 0.480 e. The van der Waals surface area contributed by atoms with Gasteiger partial charge in [0.05, 0.1) is 6.61 Å². The summed E-state index contributed by atoms with van der Waals surface area (Å²) >= 11 is 0. The average Bonchev–Trinajstić information content (AvgIpc) is 2.45. The molecule has 0 aromatic heterocycles. The van der Waals surface area contributed by atoms with Crippen molar-refractivity contribution in [3.8, 4) is 0 Å². The third kappa shape index (κ3) is 5.62. The highest BCUT2D eigenvalue weighted by atomic mass is 16.5. The highest BCUT2D eigenvalue weighted by Gasteiger charge is 2.20. The monoisotopic (exact) mass is 294 g/mol. The van der Waals surface area contributed by atoms with Crippen LogP contribution in [0.4, 0.5) is 0 Å². The number of carboxylic acid groups (broad SMARTS) is 1. The first-order chi connectivity index (χ1) is 9.93. The van der Waals surface area contributed by atoms with E-state index in [0.717, 1.165) is 5.56 Å². The number of carbonyl (C=O) groups is 3. The van der Waals surface area contributed by atoms with Crippen molar-refractivity contribution in [1.29, 1.82) is 0 Å². The predicted octanol–water partition coefficient (Wildman–Crippen LogP) is 0.152. The molecule has 0 aliphatic carbocycles. The second-order valence-corrected chi connectivity index (χ2v) is 4.43. The lowest BCUT2D eigenvalue weighted by Crippen LogP contribution is -2.43. The van der Waals surface area contributed by atoms with E-state index >= 15 is 0 Å². The highest BCUT2D eigenvalue weighted by Crippen LogP contribution is 2.05. The number of ether oxygens (including phenoxy) is 1. The summed E-state index contributed by atoms with van der Waals surface area (Å²) in [6.07, 6.45) is 0. The molecule has 21 heavy (non-hydrogen) atoms. The third-order valence-corrected chi connectivity index (χ3v) is 2.69. The standard InChI is InChI=1S/C14H18N2O5/c1-9(17)15-7-10-3-5-11(6-4-10)13(18)16-12(8-21-2)14(19)20/h3-6,12H,7-8H2,1-2H3,(H,15,17)(H,16,18)(H,19,20). The first-order valence-corrected chi connectivity index (χ1v) is 6.30. The van der Waals surface area contributed by atoms with Gasteiger partial charge in [-0.3, -0.25) is 9.59 Å². The summed E-state index contributed by atoms with van der Waals surface area (Å²) in [6, 6.07) is 5.42. The zero-order valence-electron chi connectivity index (χ0n) is 11.9. The Bertz CT molecular complexity index is 513. The minimum Gasteiger partial charge on any atom is -0.480 e. The molecule has 0 spiro atoms. The molecular formula is C14H18N2O5. The zero-order valence-corrected chi connectivity index (χ0v) is 11.9. The number of rotatable bonds is 7. The van der Waals surface area contributed by atoms with E-state index in [4.69, 9.17) is 9.84 Å². The molecule has 1 atom stereocenters. The van der Waals surface area contributed by atoms with Gasteiger partial charge in [-0.2, -0.15) is 0 Å². The number of carboxylic acids is 1. The number of amides is 2. The first-order valence-electron chi connectivity index (χ1n) is 6.30. The van der Waals surface area contributed by atoms with Crippen LogP contribution in [0.15, 0.2) is 24.3 Å². The maximum Gasteiger partial charge on any atom is 0.328 e. The topological polar surface area (TPSA) is 105 Å². The second kappa shape index (κ2) is 8.01. The van der Waals surface area contributed by atoms with Gasteiger partial charge >= 0.3 is 5.97 Å². The Morgan fingerprint density at radius 1 is 1.24 bits per heavy atom. The molecule has 7 heteroatoms. The van der Waals surface area contributed by atoms with Gasteiger partial charge in [-0.25, -0.2) is 4.79 Å². The molecule has 0 fully saturated rings. The van der Waals surface area contributed by atoms with Crippen LogP contribution in [0.5, 0.6) is 0 Å². The number of carbonyl (C=O) groups excluding carboxylic acids is 2. The normalized spacial score (nSPS) is 11.5. The quantitative estimate of drug-likeness (QED) is 0.664. The van der Waals surface area contributed by atoms with Crippen LogP contribution in [0.25, 0.3) is 0 Å². The van der Waals surface area contributed by atoms with E-state index in [1.807, 2.05) is 0 Å². The summed E-state index contributed by atoms with van der Waals surface area (Å²) < 4.78 is 4.74. The molecule has 0 bridgehead atoms. The number of hydrogen-bond acceptors (Lipinski definition) is 4. The SMILES string of the molecule is COCC(NC(=O)c1ccc(CNC(C)=O)cc1)C(=O)O. The molecule has 0 saturated carbocycles. The van der Waals surface area contributed by atoms with Crippen LogP contribution in [-0.2, 0) is 20.9 Å². The molecule has 0 heterocycles. The molecule has 114 valence electrons. The minimum atomic E-state index is -1.16. The van der Waals surface area contributed by atoms with E-state index in [-0.39, 0.29) is 12.5 Å². The average molecular weight is 294 g/mol. The Labute approximate surface area is 122 Å². The summed E-state index contributed by atoms with van der Waals surface area (Å²) in [5.41, 5.74) is 1.18. The molecule has 1 aromatic carbocycles. The number of benzene rings is 1.